The van der Waals surface area contributed by atoms with E-state index >= 15 is 0 Å². The molecule has 0 saturated heterocycles. The average Bonchev–Trinajstić information content (AvgIpc) is 2.21. The highest BCUT2D eigenvalue weighted by Gasteiger charge is 2.26. The quantitative estimate of drug-likeness (QED) is 0.612. The van der Waals surface area contributed by atoms with Crippen molar-refractivity contribution >= 4 is 34.2 Å². The van der Waals surface area contributed by atoms with E-state index in [1.54, 1.807) is 0 Å². The molecule has 90 valence electrons. The Hall–Kier alpha value is 0.0600. The van der Waals surface area contributed by atoms with E-state index in [-0.39, 0.29) is 0 Å². The summed E-state index contributed by atoms with van der Waals surface area (Å²) in [5.41, 5.74) is 0.482. The highest BCUT2D eigenvalue weighted by Crippen LogP contribution is 2.26. The van der Waals surface area contributed by atoms with E-state index in [9.17, 15) is 0 Å². The van der Waals surface area contributed by atoms with Gasteiger partial charge in [0, 0.05) is 6.61 Å². The zero-order chi connectivity index (χ0) is 12.3. The summed E-state index contributed by atoms with van der Waals surface area (Å²) in [5, 5.41) is 0.509. The molecule has 0 N–H and O–H groups in total. The van der Waals surface area contributed by atoms with Crippen LogP contribution in [0.15, 0.2) is 0 Å². The van der Waals surface area contributed by atoms with Gasteiger partial charge in [-0.25, -0.2) is 9.97 Å². The van der Waals surface area contributed by atoms with Crippen LogP contribution in [0.25, 0.3) is 0 Å². The van der Waals surface area contributed by atoms with Gasteiger partial charge in [-0.05, 0) is 49.8 Å². The van der Waals surface area contributed by atoms with Crippen LogP contribution in [0.1, 0.15) is 39.2 Å². The minimum absolute atomic E-state index is 0.493. The minimum atomic E-state index is -0.493. The Morgan fingerprint density at radius 3 is 2.44 bits per heavy atom. The molecule has 3 nitrogen and oxygen atoms in total. The average molecular weight is 355 g/mol. The first-order valence-corrected chi connectivity index (χ1v) is 6.74. The summed E-state index contributed by atoms with van der Waals surface area (Å²) in [6, 6.07) is 0. The molecule has 0 aromatic carbocycles. The Kier molecular flexibility index (Phi) is 4.94. The van der Waals surface area contributed by atoms with Gasteiger partial charge < -0.3 is 4.74 Å². The summed E-state index contributed by atoms with van der Waals surface area (Å²) in [4.78, 5) is 8.81. The number of aryl methyl sites for hydroxylation is 1. The Balaban J connectivity index is 3.20. The van der Waals surface area contributed by atoms with E-state index in [0.29, 0.717) is 17.6 Å². The van der Waals surface area contributed by atoms with Gasteiger partial charge in [-0.3, -0.25) is 0 Å². The number of nitrogens with zero attached hydrogens (tertiary/aromatic N) is 2. The molecular formula is C11H16ClIN2O. The van der Waals surface area contributed by atoms with Crippen LogP contribution in [0.4, 0.5) is 0 Å². The SMILES string of the molecule is CCOC(C)(C)c1nc(Cl)c(I)c(CC)n1. The number of rotatable bonds is 4. The van der Waals surface area contributed by atoms with Gasteiger partial charge in [0.2, 0.25) is 0 Å². The van der Waals surface area contributed by atoms with E-state index < -0.39 is 5.60 Å². The van der Waals surface area contributed by atoms with Gasteiger partial charge in [-0.15, -0.1) is 0 Å². The zero-order valence-corrected chi connectivity index (χ0v) is 12.9. The maximum atomic E-state index is 6.09. The highest BCUT2D eigenvalue weighted by atomic mass is 127. The third-order valence-corrected chi connectivity index (χ3v) is 3.98. The number of aromatic nitrogens is 2. The second-order valence-electron chi connectivity index (χ2n) is 3.90. The first-order valence-electron chi connectivity index (χ1n) is 5.28. The predicted molar refractivity (Wildman–Crippen MR) is 73.8 cm³/mol. The Labute approximate surface area is 115 Å². The van der Waals surface area contributed by atoms with Crippen molar-refractivity contribution < 1.29 is 4.74 Å². The van der Waals surface area contributed by atoms with Gasteiger partial charge >= 0.3 is 0 Å². The van der Waals surface area contributed by atoms with Gasteiger partial charge in [0.05, 0.1) is 9.26 Å². The standard InChI is InChI=1S/C11H16ClIN2O/c1-5-7-8(13)9(12)15-10(14-7)11(3,4)16-6-2/h5-6H2,1-4H3. The molecule has 0 spiro atoms. The van der Waals surface area contributed by atoms with Crippen LogP contribution < -0.4 is 0 Å². The molecule has 1 aromatic heterocycles. The van der Waals surface area contributed by atoms with Crippen molar-refractivity contribution in [1.82, 2.24) is 9.97 Å². The maximum Gasteiger partial charge on any atom is 0.161 e. The Morgan fingerprint density at radius 2 is 1.94 bits per heavy atom. The normalized spacial score (nSPS) is 11.9. The lowest BCUT2D eigenvalue weighted by Crippen LogP contribution is -2.25. The molecular weight excluding hydrogens is 338 g/mol. The summed E-state index contributed by atoms with van der Waals surface area (Å²) in [5.74, 6) is 0.650. The summed E-state index contributed by atoms with van der Waals surface area (Å²) in [7, 11) is 0. The molecule has 5 heteroatoms. The summed E-state index contributed by atoms with van der Waals surface area (Å²) >= 11 is 8.26. The molecule has 0 fully saturated rings. The second kappa shape index (κ2) is 5.60. The van der Waals surface area contributed by atoms with E-state index in [1.165, 1.54) is 0 Å². The van der Waals surface area contributed by atoms with Crippen LogP contribution in [-0.4, -0.2) is 16.6 Å². The summed E-state index contributed by atoms with van der Waals surface area (Å²) in [6.07, 6.45) is 0.843. The van der Waals surface area contributed by atoms with Crippen molar-refractivity contribution in [2.45, 2.75) is 39.7 Å². The van der Waals surface area contributed by atoms with Crippen molar-refractivity contribution in [3.8, 4) is 0 Å². The smallest absolute Gasteiger partial charge is 0.161 e. The number of halogens is 2. The lowest BCUT2D eigenvalue weighted by atomic mass is 10.1. The summed E-state index contributed by atoms with van der Waals surface area (Å²) < 4.78 is 6.55. The van der Waals surface area contributed by atoms with Crippen LogP contribution in [-0.2, 0) is 16.8 Å². The van der Waals surface area contributed by atoms with Crippen molar-refractivity contribution in [2.75, 3.05) is 6.61 Å². The molecule has 1 aromatic rings. The van der Waals surface area contributed by atoms with E-state index in [0.717, 1.165) is 15.7 Å². The molecule has 0 saturated carbocycles. The third-order valence-electron chi connectivity index (χ3n) is 2.26. The predicted octanol–water partition coefficient (Wildman–Crippen LogP) is 3.57. The van der Waals surface area contributed by atoms with E-state index in [4.69, 9.17) is 16.3 Å². The van der Waals surface area contributed by atoms with Crippen molar-refractivity contribution in [3.05, 3.63) is 20.2 Å². The number of ether oxygens (including phenoxy) is 1. The topological polar surface area (TPSA) is 35.0 Å². The molecule has 1 heterocycles. The van der Waals surface area contributed by atoms with E-state index in [1.807, 2.05) is 20.8 Å². The molecule has 0 atom stereocenters. The fraction of sp³-hybridized carbons (Fsp3) is 0.636. The molecule has 1 rings (SSSR count). The molecule has 0 amide bonds. The maximum absolute atomic E-state index is 6.09. The summed E-state index contributed by atoms with van der Waals surface area (Å²) in [6.45, 7) is 8.54. The molecule has 0 aliphatic heterocycles. The van der Waals surface area contributed by atoms with Crippen LogP contribution in [0.5, 0.6) is 0 Å². The van der Waals surface area contributed by atoms with Crippen LogP contribution in [0.3, 0.4) is 0 Å². The first kappa shape index (κ1) is 14.1. The third kappa shape index (κ3) is 3.05. The zero-order valence-electron chi connectivity index (χ0n) is 9.97. The van der Waals surface area contributed by atoms with Crippen LogP contribution in [0, 0.1) is 3.57 Å². The lowest BCUT2D eigenvalue weighted by molar-refractivity contribution is -0.0209. The molecule has 16 heavy (non-hydrogen) atoms. The van der Waals surface area contributed by atoms with Gasteiger partial charge in [0.25, 0.3) is 0 Å². The minimum Gasteiger partial charge on any atom is -0.368 e. The molecule has 0 unspecified atom stereocenters. The molecule has 0 aliphatic carbocycles. The Morgan fingerprint density at radius 1 is 1.31 bits per heavy atom. The fourth-order valence-electron chi connectivity index (χ4n) is 1.39. The van der Waals surface area contributed by atoms with Crippen LogP contribution in [0.2, 0.25) is 5.15 Å². The van der Waals surface area contributed by atoms with Crippen molar-refractivity contribution in [1.29, 1.82) is 0 Å². The largest absolute Gasteiger partial charge is 0.368 e. The Bertz CT molecular complexity index is 382. The molecule has 0 bridgehead atoms. The highest BCUT2D eigenvalue weighted by molar-refractivity contribution is 14.1. The lowest BCUT2D eigenvalue weighted by Gasteiger charge is -2.23. The van der Waals surface area contributed by atoms with Gasteiger partial charge in [0.15, 0.2) is 5.82 Å². The first-order chi connectivity index (χ1) is 7.42. The molecule has 0 radical (unpaired) electrons. The van der Waals surface area contributed by atoms with Gasteiger partial charge in [0.1, 0.15) is 10.8 Å². The van der Waals surface area contributed by atoms with Crippen molar-refractivity contribution in [2.24, 2.45) is 0 Å². The molecule has 0 aliphatic rings. The van der Waals surface area contributed by atoms with Crippen molar-refractivity contribution in [3.63, 3.8) is 0 Å². The van der Waals surface area contributed by atoms with Gasteiger partial charge in [-0.2, -0.15) is 0 Å². The number of hydrogen-bond acceptors (Lipinski definition) is 3. The number of hydrogen-bond donors (Lipinski definition) is 0. The van der Waals surface area contributed by atoms with Gasteiger partial charge in [-0.1, -0.05) is 18.5 Å². The van der Waals surface area contributed by atoms with E-state index in [2.05, 4.69) is 39.5 Å². The fourth-order valence-corrected chi connectivity index (χ4v) is 2.20. The second-order valence-corrected chi connectivity index (χ2v) is 5.33. The van der Waals surface area contributed by atoms with Crippen LogP contribution >= 0.6 is 34.2 Å². The monoisotopic (exact) mass is 354 g/mol.